The lowest BCUT2D eigenvalue weighted by Gasteiger charge is -2.06. The van der Waals surface area contributed by atoms with Crippen LogP contribution in [-0.4, -0.2) is 7.11 Å². The first-order valence-electron chi connectivity index (χ1n) is 5.10. The van der Waals surface area contributed by atoms with Gasteiger partial charge >= 0.3 is 0 Å². The predicted octanol–water partition coefficient (Wildman–Crippen LogP) is 3.43. The molecule has 0 N–H and O–H groups in total. The van der Waals surface area contributed by atoms with Crippen LogP contribution >= 0.6 is 0 Å². The largest absolute Gasteiger partial charge is 0.457 e. The minimum atomic E-state index is 0.595. The Bertz CT molecular complexity index is 437. The van der Waals surface area contributed by atoms with E-state index < -0.39 is 0 Å². The van der Waals surface area contributed by atoms with E-state index in [9.17, 15) is 0 Å². The van der Waals surface area contributed by atoms with Crippen LogP contribution in [0.3, 0.4) is 0 Å². The lowest BCUT2D eigenvalue weighted by atomic mass is 10.2. The van der Waals surface area contributed by atoms with E-state index in [1.54, 1.807) is 7.11 Å². The van der Waals surface area contributed by atoms with Crippen molar-refractivity contribution in [2.24, 2.45) is 0 Å². The van der Waals surface area contributed by atoms with E-state index in [0.29, 0.717) is 6.61 Å². The van der Waals surface area contributed by atoms with Crippen LogP contribution in [0.2, 0.25) is 0 Å². The molecular formula is C14H13O2. The van der Waals surface area contributed by atoms with Crippen molar-refractivity contribution in [1.82, 2.24) is 0 Å². The number of methoxy groups -OCH3 is 1. The quantitative estimate of drug-likeness (QED) is 0.774. The van der Waals surface area contributed by atoms with Crippen molar-refractivity contribution < 1.29 is 9.47 Å². The van der Waals surface area contributed by atoms with Crippen LogP contribution in [0.5, 0.6) is 11.5 Å². The highest BCUT2D eigenvalue weighted by Crippen LogP contribution is 2.21. The van der Waals surface area contributed by atoms with Crippen molar-refractivity contribution >= 4 is 0 Å². The summed E-state index contributed by atoms with van der Waals surface area (Å²) in [6.07, 6.45) is 0. The van der Waals surface area contributed by atoms with Crippen LogP contribution in [-0.2, 0) is 11.3 Å². The third-order valence-corrected chi connectivity index (χ3v) is 2.12. The highest BCUT2D eigenvalue weighted by molar-refractivity contribution is 5.33. The molecule has 0 saturated carbocycles. The van der Waals surface area contributed by atoms with E-state index in [2.05, 4.69) is 6.07 Å². The Labute approximate surface area is 95.4 Å². The molecule has 2 heteroatoms. The van der Waals surface area contributed by atoms with Gasteiger partial charge in [0.1, 0.15) is 11.5 Å². The van der Waals surface area contributed by atoms with Crippen molar-refractivity contribution in [3.63, 3.8) is 0 Å². The molecule has 0 bridgehead atoms. The van der Waals surface area contributed by atoms with Crippen molar-refractivity contribution in [3.05, 3.63) is 60.2 Å². The molecule has 0 amide bonds. The summed E-state index contributed by atoms with van der Waals surface area (Å²) in [5.41, 5.74) is 1.10. The van der Waals surface area contributed by atoms with Gasteiger partial charge in [-0.15, -0.1) is 0 Å². The Kier molecular flexibility index (Phi) is 3.57. The first-order chi connectivity index (χ1) is 7.88. The molecule has 2 rings (SSSR count). The van der Waals surface area contributed by atoms with Crippen LogP contribution in [0.1, 0.15) is 5.56 Å². The monoisotopic (exact) mass is 213 g/mol. The molecule has 0 saturated heterocycles. The summed E-state index contributed by atoms with van der Waals surface area (Å²) in [6.45, 7) is 0.595. The van der Waals surface area contributed by atoms with Crippen LogP contribution in [0.25, 0.3) is 0 Å². The van der Waals surface area contributed by atoms with Crippen LogP contribution in [0.15, 0.2) is 48.5 Å². The van der Waals surface area contributed by atoms with E-state index in [-0.39, 0.29) is 0 Å². The second kappa shape index (κ2) is 5.33. The summed E-state index contributed by atoms with van der Waals surface area (Å²) in [4.78, 5) is 0. The van der Waals surface area contributed by atoms with Crippen molar-refractivity contribution in [1.29, 1.82) is 0 Å². The number of hydrogen-bond acceptors (Lipinski definition) is 2. The molecule has 16 heavy (non-hydrogen) atoms. The minimum absolute atomic E-state index is 0.595. The molecule has 0 aliphatic heterocycles. The summed E-state index contributed by atoms with van der Waals surface area (Å²) < 4.78 is 10.7. The van der Waals surface area contributed by atoms with Gasteiger partial charge in [0.25, 0.3) is 0 Å². The van der Waals surface area contributed by atoms with Gasteiger partial charge in [-0.05, 0) is 35.9 Å². The Balaban J connectivity index is 2.12. The third kappa shape index (κ3) is 2.84. The molecule has 0 atom stereocenters. The minimum Gasteiger partial charge on any atom is -0.457 e. The van der Waals surface area contributed by atoms with E-state index in [0.717, 1.165) is 17.1 Å². The van der Waals surface area contributed by atoms with Crippen LogP contribution in [0.4, 0.5) is 0 Å². The lowest BCUT2D eigenvalue weighted by molar-refractivity contribution is 0.184. The topological polar surface area (TPSA) is 18.5 Å². The van der Waals surface area contributed by atoms with Gasteiger partial charge in [0.05, 0.1) is 6.61 Å². The molecule has 0 aromatic heterocycles. The van der Waals surface area contributed by atoms with Gasteiger partial charge in [-0.2, -0.15) is 0 Å². The summed E-state index contributed by atoms with van der Waals surface area (Å²) >= 11 is 0. The Hall–Kier alpha value is -1.80. The number of ether oxygens (including phenoxy) is 2. The Morgan fingerprint density at radius 2 is 2.00 bits per heavy atom. The van der Waals surface area contributed by atoms with Gasteiger partial charge < -0.3 is 9.47 Å². The van der Waals surface area contributed by atoms with Gasteiger partial charge in [0.15, 0.2) is 0 Å². The Morgan fingerprint density at radius 3 is 2.75 bits per heavy atom. The summed E-state index contributed by atoms with van der Waals surface area (Å²) in [7, 11) is 1.68. The van der Waals surface area contributed by atoms with E-state index >= 15 is 0 Å². The second-order valence-corrected chi connectivity index (χ2v) is 3.42. The van der Waals surface area contributed by atoms with Crippen molar-refractivity contribution in [3.8, 4) is 11.5 Å². The zero-order valence-electron chi connectivity index (χ0n) is 9.14. The maximum absolute atomic E-state index is 5.68. The first kappa shape index (κ1) is 10.7. The summed E-state index contributed by atoms with van der Waals surface area (Å²) in [5, 5.41) is 0. The lowest BCUT2D eigenvalue weighted by Crippen LogP contribution is -1.89. The van der Waals surface area contributed by atoms with Gasteiger partial charge in [0, 0.05) is 7.11 Å². The van der Waals surface area contributed by atoms with Gasteiger partial charge in [0.2, 0.25) is 0 Å². The van der Waals surface area contributed by atoms with Crippen molar-refractivity contribution in [2.45, 2.75) is 6.61 Å². The van der Waals surface area contributed by atoms with Gasteiger partial charge in [-0.25, -0.2) is 0 Å². The molecule has 0 heterocycles. The molecule has 81 valence electrons. The zero-order valence-corrected chi connectivity index (χ0v) is 9.14. The number of hydrogen-bond donors (Lipinski definition) is 0. The standard InChI is InChI=1S/C14H13O2/c1-15-11-12-6-5-9-14(10-12)16-13-7-3-2-4-8-13/h2-3,5-10H,11H2,1H3. The molecule has 0 aliphatic carbocycles. The smallest absolute Gasteiger partial charge is 0.128 e. The molecular weight excluding hydrogens is 200 g/mol. The van der Waals surface area contributed by atoms with E-state index in [4.69, 9.17) is 9.47 Å². The number of rotatable bonds is 4. The average Bonchev–Trinajstić information content (AvgIpc) is 2.31. The summed E-state index contributed by atoms with van der Waals surface area (Å²) in [5.74, 6) is 1.60. The first-order valence-corrected chi connectivity index (χ1v) is 5.10. The highest BCUT2D eigenvalue weighted by Gasteiger charge is 1.98. The Morgan fingerprint density at radius 1 is 1.12 bits per heavy atom. The maximum Gasteiger partial charge on any atom is 0.128 e. The average molecular weight is 213 g/mol. The van der Waals surface area contributed by atoms with E-state index in [1.807, 2.05) is 48.5 Å². The molecule has 2 aromatic carbocycles. The zero-order chi connectivity index (χ0) is 11.2. The second-order valence-electron chi connectivity index (χ2n) is 3.42. The van der Waals surface area contributed by atoms with Crippen LogP contribution in [0, 0.1) is 6.07 Å². The molecule has 2 aromatic rings. The molecule has 0 aliphatic rings. The predicted molar refractivity (Wildman–Crippen MR) is 62.5 cm³/mol. The molecule has 0 unspecified atom stereocenters. The SMILES string of the molecule is COCc1cccc(Oc2c[c]ccc2)c1. The summed E-state index contributed by atoms with van der Waals surface area (Å²) in [6, 6.07) is 18.3. The fourth-order valence-electron chi connectivity index (χ4n) is 1.44. The molecule has 0 fully saturated rings. The maximum atomic E-state index is 5.68. The number of benzene rings is 2. The van der Waals surface area contributed by atoms with Gasteiger partial charge in [-0.3, -0.25) is 0 Å². The van der Waals surface area contributed by atoms with Crippen LogP contribution < -0.4 is 4.74 Å². The molecule has 1 radical (unpaired) electrons. The molecule has 0 spiro atoms. The molecule has 2 nitrogen and oxygen atoms in total. The normalized spacial score (nSPS) is 10.1. The van der Waals surface area contributed by atoms with Gasteiger partial charge in [-0.1, -0.05) is 24.3 Å². The fourth-order valence-corrected chi connectivity index (χ4v) is 1.44. The fraction of sp³-hybridized carbons (Fsp3) is 0.143. The van der Waals surface area contributed by atoms with E-state index in [1.165, 1.54) is 0 Å². The third-order valence-electron chi connectivity index (χ3n) is 2.12. The van der Waals surface area contributed by atoms with Crippen molar-refractivity contribution in [2.75, 3.05) is 7.11 Å². The highest BCUT2D eigenvalue weighted by atomic mass is 16.5.